The first-order valence-electron chi connectivity index (χ1n) is 8.97. The second-order valence-corrected chi connectivity index (χ2v) is 7.76. The van der Waals surface area contributed by atoms with Crippen molar-refractivity contribution in [3.63, 3.8) is 0 Å². The largest absolute Gasteiger partial charge is 0.491 e. The van der Waals surface area contributed by atoms with Crippen molar-refractivity contribution in [2.24, 2.45) is 0 Å². The molecule has 0 saturated carbocycles. The SMILES string of the molecule is Cc1ccc(OC[C@@H](O)CSc2nc3ccccc3c(=O)n2C(C)C)cc1. The molecule has 0 saturated heterocycles. The highest BCUT2D eigenvalue weighted by molar-refractivity contribution is 7.99. The summed E-state index contributed by atoms with van der Waals surface area (Å²) in [4.78, 5) is 17.4. The van der Waals surface area contributed by atoms with Gasteiger partial charge in [0.1, 0.15) is 12.4 Å². The van der Waals surface area contributed by atoms with Crippen molar-refractivity contribution < 1.29 is 9.84 Å². The molecule has 3 aromatic rings. The number of aryl methyl sites for hydroxylation is 1. The minimum absolute atomic E-state index is 0.0157. The molecule has 1 heterocycles. The molecule has 0 bridgehead atoms. The van der Waals surface area contributed by atoms with Crippen LogP contribution in [0, 0.1) is 6.92 Å². The molecule has 142 valence electrons. The Morgan fingerprint density at radius 1 is 1.15 bits per heavy atom. The normalized spacial score (nSPS) is 12.5. The molecule has 6 heteroatoms. The third-order valence-electron chi connectivity index (χ3n) is 4.16. The number of hydrogen-bond acceptors (Lipinski definition) is 5. The number of rotatable bonds is 7. The summed E-state index contributed by atoms with van der Waals surface area (Å²) in [5.41, 5.74) is 1.78. The smallest absolute Gasteiger partial charge is 0.262 e. The van der Waals surface area contributed by atoms with E-state index in [1.807, 2.05) is 63.2 Å². The van der Waals surface area contributed by atoms with Crippen LogP contribution in [-0.2, 0) is 0 Å². The summed E-state index contributed by atoms with van der Waals surface area (Å²) in [6, 6.07) is 15.0. The summed E-state index contributed by atoms with van der Waals surface area (Å²) in [5, 5.41) is 11.5. The standard InChI is InChI=1S/C21H24N2O3S/c1-14(2)23-20(25)18-6-4-5-7-19(18)22-21(23)27-13-16(24)12-26-17-10-8-15(3)9-11-17/h4-11,14,16,24H,12-13H2,1-3H3/t16-/m1/s1. The molecule has 0 spiro atoms. The molecular formula is C21H24N2O3S. The van der Waals surface area contributed by atoms with Crippen LogP contribution in [-0.4, -0.2) is 33.1 Å². The number of aromatic nitrogens is 2. The van der Waals surface area contributed by atoms with Gasteiger partial charge in [0.05, 0.1) is 17.0 Å². The van der Waals surface area contributed by atoms with E-state index in [0.717, 1.165) is 11.3 Å². The van der Waals surface area contributed by atoms with E-state index in [2.05, 4.69) is 4.98 Å². The van der Waals surface area contributed by atoms with E-state index in [4.69, 9.17) is 4.74 Å². The first-order chi connectivity index (χ1) is 13.0. The second kappa shape index (κ2) is 8.59. The predicted molar refractivity (Wildman–Crippen MR) is 110 cm³/mol. The van der Waals surface area contributed by atoms with E-state index in [1.54, 1.807) is 10.6 Å². The molecule has 0 aliphatic carbocycles. The minimum atomic E-state index is -0.666. The van der Waals surface area contributed by atoms with Crippen molar-refractivity contribution in [2.75, 3.05) is 12.4 Å². The average molecular weight is 385 g/mol. The van der Waals surface area contributed by atoms with Crippen LogP contribution in [0.25, 0.3) is 10.9 Å². The monoisotopic (exact) mass is 384 g/mol. The molecule has 0 radical (unpaired) electrons. The van der Waals surface area contributed by atoms with Crippen LogP contribution in [0.1, 0.15) is 25.5 Å². The number of aliphatic hydroxyl groups excluding tert-OH is 1. The van der Waals surface area contributed by atoms with E-state index >= 15 is 0 Å². The quantitative estimate of drug-likeness (QED) is 0.496. The highest BCUT2D eigenvalue weighted by Gasteiger charge is 2.15. The Morgan fingerprint density at radius 2 is 1.85 bits per heavy atom. The Labute approximate surface area is 163 Å². The number of ether oxygens (including phenoxy) is 1. The van der Waals surface area contributed by atoms with Crippen LogP contribution in [0.15, 0.2) is 58.5 Å². The second-order valence-electron chi connectivity index (χ2n) is 6.77. The zero-order chi connectivity index (χ0) is 19.4. The Bertz CT molecular complexity index is 967. The number of para-hydroxylation sites is 1. The predicted octanol–water partition coefficient (Wildman–Crippen LogP) is 3.82. The zero-order valence-corrected chi connectivity index (χ0v) is 16.6. The summed E-state index contributed by atoms with van der Waals surface area (Å²) in [7, 11) is 0. The third-order valence-corrected chi connectivity index (χ3v) is 5.26. The van der Waals surface area contributed by atoms with Gasteiger partial charge >= 0.3 is 0 Å². The molecule has 0 fully saturated rings. The molecule has 0 aliphatic heterocycles. The Balaban J connectivity index is 1.71. The Morgan fingerprint density at radius 3 is 2.56 bits per heavy atom. The highest BCUT2D eigenvalue weighted by atomic mass is 32.2. The molecule has 5 nitrogen and oxygen atoms in total. The third kappa shape index (κ3) is 4.70. The molecule has 0 unspecified atom stereocenters. The van der Waals surface area contributed by atoms with Gasteiger partial charge in [-0.05, 0) is 45.0 Å². The van der Waals surface area contributed by atoms with Crippen molar-refractivity contribution >= 4 is 22.7 Å². The van der Waals surface area contributed by atoms with Crippen molar-refractivity contribution in [3.05, 3.63) is 64.4 Å². The molecule has 1 atom stereocenters. The van der Waals surface area contributed by atoms with Gasteiger partial charge < -0.3 is 9.84 Å². The van der Waals surface area contributed by atoms with Gasteiger partial charge in [-0.1, -0.05) is 41.6 Å². The van der Waals surface area contributed by atoms with E-state index in [9.17, 15) is 9.90 Å². The minimum Gasteiger partial charge on any atom is -0.491 e. The zero-order valence-electron chi connectivity index (χ0n) is 15.8. The summed E-state index contributed by atoms with van der Waals surface area (Å²) in [6.07, 6.45) is -0.666. The molecule has 3 rings (SSSR count). The van der Waals surface area contributed by atoms with Gasteiger partial charge in [0.2, 0.25) is 0 Å². The van der Waals surface area contributed by atoms with Crippen LogP contribution < -0.4 is 10.3 Å². The molecule has 27 heavy (non-hydrogen) atoms. The van der Waals surface area contributed by atoms with E-state index < -0.39 is 6.10 Å². The van der Waals surface area contributed by atoms with E-state index in [0.29, 0.717) is 21.8 Å². The summed E-state index contributed by atoms with van der Waals surface area (Å²) < 4.78 is 7.31. The lowest BCUT2D eigenvalue weighted by Gasteiger charge is -2.17. The maximum atomic E-state index is 12.8. The number of aliphatic hydroxyl groups is 1. The Hall–Kier alpha value is -2.31. The molecule has 2 aromatic carbocycles. The van der Waals surface area contributed by atoms with Crippen molar-refractivity contribution in [2.45, 2.75) is 38.1 Å². The summed E-state index contributed by atoms with van der Waals surface area (Å²) >= 11 is 1.37. The fourth-order valence-corrected chi connectivity index (χ4v) is 3.76. The van der Waals surface area contributed by atoms with Crippen molar-refractivity contribution in [3.8, 4) is 5.75 Å². The lowest BCUT2D eigenvalue weighted by atomic mass is 10.2. The number of hydrogen-bond donors (Lipinski definition) is 1. The summed E-state index contributed by atoms with van der Waals surface area (Å²) in [6.45, 7) is 6.12. The van der Waals surface area contributed by atoms with Crippen molar-refractivity contribution in [1.29, 1.82) is 0 Å². The van der Waals surface area contributed by atoms with Crippen LogP contribution in [0.5, 0.6) is 5.75 Å². The van der Waals surface area contributed by atoms with Crippen LogP contribution in [0.3, 0.4) is 0 Å². The van der Waals surface area contributed by atoms with Crippen molar-refractivity contribution in [1.82, 2.24) is 9.55 Å². The van der Waals surface area contributed by atoms with Gasteiger partial charge in [-0.2, -0.15) is 0 Å². The van der Waals surface area contributed by atoms with Crippen LogP contribution in [0.4, 0.5) is 0 Å². The van der Waals surface area contributed by atoms with Gasteiger partial charge in [0.25, 0.3) is 5.56 Å². The number of benzene rings is 2. The molecule has 1 N–H and O–H groups in total. The van der Waals surface area contributed by atoms with E-state index in [-0.39, 0.29) is 18.2 Å². The van der Waals surface area contributed by atoms with Crippen LogP contribution >= 0.6 is 11.8 Å². The fraction of sp³-hybridized carbons (Fsp3) is 0.333. The van der Waals surface area contributed by atoms with Gasteiger partial charge in [-0.3, -0.25) is 9.36 Å². The number of thioether (sulfide) groups is 1. The lowest BCUT2D eigenvalue weighted by Crippen LogP contribution is -2.26. The fourth-order valence-electron chi connectivity index (χ4n) is 2.73. The maximum absolute atomic E-state index is 12.8. The first kappa shape index (κ1) is 19.5. The maximum Gasteiger partial charge on any atom is 0.262 e. The summed E-state index contributed by atoms with van der Waals surface area (Å²) in [5.74, 6) is 1.12. The van der Waals surface area contributed by atoms with E-state index in [1.165, 1.54) is 11.8 Å². The first-order valence-corrected chi connectivity index (χ1v) is 9.96. The Kier molecular flexibility index (Phi) is 6.19. The number of nitrogens with zero attached hydrogens (tertiary/aromatic N) is 2. The average Bonchev–Trinajstić information content (AvgIpc) is 2.65. The highest BCUT2D eigenvalue weighted by Crippen LogP contribution is 2.22. The topological polar surface area (TPSA) is 64.3 Å². The molecule has 0 amide bonds. The van der Waals surface area contributed by atoms with Crippen LogP contribution in [0.2, 0.25) is 0 Å². The van der Waals surface area contributed by atoms with Gasteiger partial charge in [0.15, 0.2) is 5.16 Å². The number of fused-ring (bicyclic) bond motifs is 1. The molecular weight excluding hydrogens is 360 g/mol. The van der Waals surface area contributed by atoms with Gasteiger partial charge in [-0.15, -0.1) is 0 Å². The molecule has 0 aliphatic rings. The van der Waals surface area contributed by atoms with Gasteiger partial charge in [-0.25, -0.2) is 4.98 Å². The molecule has 1 aromatic heterocycles. The lowest BCUT2D eigenvalue weighted by molar-refractivity contribution is 0.126. The van der Waals surface area contributed by atoms with Gasteiger partial charge in [0, 0.05) is 11.8 Å².